The zero-order valence-electron chi connectivity index (χ0n) is 14.1. The van der Waals surface area contributed by atoms with Gasteiger partial charge in [-0.1, -0.05) is 35.9 Å². The van der Waals surface area contributed by atoms with Gasteiger partial charge in [0.25, 0.3) is 5.91 Å². The van der Waals surface area contributed by atoms with E-state index in [1.807, 2.05) is 17.5 Å². The molecule has 1 aromatic heterocycles. The molecule has 0 saturated carbocycles. The molecule has 1 saturated heterocycles. The second-order valence-electron chi connectivity index (χ2n) is 6.11. The Balaban J connectivity index is 1.63. The van der Waals surface area contributed by atoms with E-state index in [9.17, 15) is 14.4 Å². The van der Waals surface area contributed by atoms with E-state index in [4.69, 9.17) is 11.6 Å². The third-order valence-electron chi connectivity index (χ3n) is 4.26. The van der Waals surface area contributed by atoms with Gasteiger partial charge in [0, 0.05) is 22.0 Å². The van der Waals surface area contributed by atoms with E-state index in [2.05, 4.69) is 10.6 Å². The summed E-state index contributed by atoms with van der Waals surface area (Å²) in [5.41, 5.74) is -0.784. The third kappa shape index (κ3) is 3.59. The van der Waals surface area contributed by atoms with Crippen LogP contribution in [0.4, 0.5) is 4.79 Å². The van der Waals surface area contributed by atoms with E-state index < -0.39 is 17.5 Å². The topological polar surface area (TPSA) is 78.5 Å². The molecular formula is C18H18ClN3O3S. The molecule has 136 valence electrons. The average molecular weight is 392 g/mol. The Morgan fingerprint density at radius 2 is 2.04 bits per heavy atom. The Bertz CT molecular complexity index is 840. The SMILES string of the molecule is C[C@@]1(c2ccccc2Cl)NC(=O)N(CC(=O)NCCc2cccs2)C1=O. The minimum atomic E-state index is -1.29. The number of hydrogen-bond donors (Lipinski definition) is 2. The molecule has 3 rings (SSSR count). The first-order valence-corrected chi connectivity index (χ1v) is 9.36. The lowest BCUT2D eigenvalue weighted by Gasteiger charge is -2.23. The number of benzene rings is 1. The van der Waals surface area contributed by atoms with E-state index in [0.717, 1.165) is 9.78 Å². The smallest absolute Gasteiger partial charge is 0.325 e. The number of imide groups is 1. The number of nitrogens with zero attached hydrogens (tertiary/aromatic N) is 1. The highest BCUT2D eigenvalue weighted by Gasteiger charge is 2.50. The summed E-state index contributed by atoms with van der Waals surface area (Å²) in [6, 6.07) is 10.2. The number of halogens is 1. The van der Waals surface area contributed by atoms with E-state index in [1.165, 1.54) is 0 Å². The van der Waals surface area contributed by atoms with Gasteiger partial charge in [-0.15, -0.1) is 11.3 Å². The van der Waals surface area contributed by atoms with Crippen LogP contribution < -0.4 is 10.6 Å². The van der Waals surface area contributed by atoms with Crippen LogP contribution in [0.1, 0.15) is 17.4 Å². The highest BCUT2D eigenvalue weighted by molar-refractivity contribution is 7.09. The van der Waals surface area contributed by atoms with E-state index in [-0.39, 0.29) is 12.5 Å². The van der Waals surface area contributed by atoms with Gasteiger partial charge in [0.1, 0.15) is 12.1 Å². The molecule has 1 aromatic carbocycles. The predicted octanol–water partition coefficient (Wildman–Crippen LogP) is 2.53. The Morgan fingerprint density at radius 1 is 1.27 bits per heavy atom. The molecule has 1 fully saturated rings. The monoisotopic (exact) mass is 391 g/mol. The van der Waals surface area contributed by atoms with E-state index >= 15 is 0 Å². The fourth-order valence-electron chi connectivity index (χ4n) is 2.87. The molecule has 2 aromatic rings. The molecular weight excluding hydrogens is 374 g/mol. The van der Waals surface area contributed by atoms with Crippen LogP contribution in [-0.2, 0) is 21.5 Å². The van der Waals surface area contributed by atoms with Gasteiger partial charge in [-0.25, -0.2) is 4.79 Å². The van der Waals surface area contributed by atoms with Crippen molar-refractivity contribution in [2.75, 3.05) is 13.1 Å². The zero-order chi connectivity index (χ0) is 18.7. The summed E-state index contributed by atoms with van der Waals surface area (Å²) in [5, 5.41) is 7.73. The lowest BCUT2D eigenvalue weighted by molar-refractivity contribution is -0.134. The second kappa shape index (κ2) is 7.47. The minimum Gasteiger partial charge on any atom is -0.354 e. The van der Waals surface area contributed by atoms with Crippen LogP contribution in [0.15, 0.2) is 41.8 Å². The largest absolute Gasteiger partial charge is 0.354 e. The quantitative estimate of drug-likeness (QED) is 0.743. The van der Waals surface area contributed by atoms with Gasteiger partial charge in [0.2, 0.25) is 5.91 Å². The molecule has 0 spiro atoms. The van der Waals surface area contributed by atoms with Crippen LogP contribution in [0.25, 0.3) is 0 Å². The molecule has 0 bridgehead atoms. The van der Waals surface area contributed by atoms with Crippen molar-refractivity contribution in [2.24, 2.45) is 0 Å². The Hall–Kier alpha value is -2.38. The number of nitrogens with one attached hydrogen (secondary N) is 2. The summed E-state index contributed by atoms with van der Waals surface area (Å²) >= 11 is 7.79. The van der Waals surface area contributed by atoms with Gasteiger partial charge >= 0.3 is 6.03 Å². The van der Waals surface area contributed by atoms with Crippen molar-refractivity contribution in [3.8, 4) is 0 Å². The number of urea groups is 1. The molecule has 0 unspecified atom stereocenters. The number of amides is 4. The highest BCUT2D eigenvalue weighted by atomic mass is 35.5. The number of carbonyl (C=O) groups excluding carboxylic acids is 3. The molecule has 1 aliphatic heterocycles. The Labute approximate surface area is 160 Å². The van der Waals surface area contributed by atoms with Gasteiger partial charge in [0.05, 0.1) is 0 Å². The van der Waals surface area contributed by atoms with Gasteiger partial charge in [-0.2, -0.15) is 0 Å². The molecule has 4 amide bonds. The molecule has 8 heteroatoms. The average Bonchev–Trinajstić information content (AvgIpc) is 3.19. The molecule has 1 atom stereocenters. The summed E-state index contributed by atoms with van der Waals surface area (Å²) in [6.45, 7) is 1.71. The maximum atomic E-state index is 12.8. The summed E-state index contributed by atoms with van der Waals surface area (Å²) in [6.07, 6.45) is 0.709. The van der Waals surface area contributed by atoms with Crippen LogP contribution in [0, 0.1) is 0 Å². The van der Waals surface area contributed by atoms with Crippen LogP contribution in [0.3, 0.4) is 0 Å². The normalized spacial score (nSPS) is 19.5. The van der Waals surface area contributed by atoms with E-state index in [0.29, 0.717) is 23.6 Å². The third-order valence-corrected chi connectivity index (χ3v) is 5.53. The van der Waals surface area contributed by atoms with Crippen LogP contribution in [0.5, 0.6) is 0 Å². The number of thiophene rings is 1. The second-order valence-corrected chi connectivity index (χ2v) is 7.55. The first kappa shape index (κ1) is 18.4. The van der Waals surface area contributed by atoms with Gasteiger partial charge in [-0.3, -0.25) is 14.5 Å². The fraction of sp³-hybridized carbons (Fsp3) is 0.278. The first-order chi connectivity index (χ1) is 12.4. The van der Waals surface area contributed by atoms with E-state index in [1.54, 1.807) is 42.5 Å². The van der Waals surface area contributed by atoms with Crippen molar-refractivity contribution in [1.29, 1.82) is 0 Å². The van der Waals surface area contributed by atoms with Crippen molar-refractivity contribution in [3.63, 3.8) is 0 Å². The van der Waals surface area contributed by atoms with Crippen molar-refractivity contribution in [3.05, 3.63) is 57.2 Å². The lowest BCUT2D eigenvalue weighted by atomic mass is 9.92. The summed E-state index contributed by atoms with van der Waals surface area (Å²) in [5.74, 6) is -0.877. The first-order valence-electron chi connectivity index (χ1n) is 8.10. The lowest BCUT2D eigenvalue weighted by Crippen LogP contribution is -2.43. The number of rotatable bonds is 6. The van der Waals surface area contributed by atoms with Crippen LogP contribution >= 0.6 is 22.9 Å². The fourth-order valence-corrected chi connectivity index (χ4v) is 3.90. The van der Waals surface area contributed by atoms with Gasteiger partial charge in [0.15, 0.2) is 0 Å². The van der Waals surface area contributed by atoms with Crippen molar-refractivity contribution >= 4 is 40.8 Å². The van der Waals surface area contributed by atoms with Crippen molar-refractivity contribution in [2.45, 2.75) is 18.9 Å². The Kier molecular flexibility index (Phi) is 5.29. The molecule has 2 heterocycles. The zero-order valence-corrected chi connectivity index (χ0v) is 15.7. The summed E-state index contributed by atoms with van der Waals surface area (Å²) < 4.78 is 0. The summed E-state index contributed by atoms with van der Waals surface area (Å²) in [7, 11) is 0. The molecule has 1 aliphatic rings. The van der Waals surface area contributed by atoms with Crippen LogP contribution in [0.2, 0.25) is 5.02 Å². The van der Waals surface area contributed by atoms with Gasteiger partial charge < -0.3 is 10.6 Å². The Morgan fingerprint density at radius 3 is 2.73 bits per heavy atom. The molecule has 2 N–H and O–H groups in total. The maximum Gasteiger partial charge on any atom is 0.325 e. The summed E-state index contributed by atoms with van der Waals surface area (Å²) in [4.78, 5) is 39.3. The standard InChI is InChI=1S/C18H18ClN3O3S/c1-18(13-6-2-3-7-14(13)19)16(24)22(17(25)21-18)11-15(23)20-9-8-12-5-4-10-26-12/h2-7,10H,8-9,11H2,1H3,(H,20,23)(H,21,25)/t18-/m0/s1. The van der Waals surface area contributed by atoms with Crippen molar-refractivity contribution in [1.82, 2.24) is 15.5 Å². The molecule has 6 nitrogen and oxygen atoms in total. The molecule has 0 aliphatic carbocycles. The molecule has 0 radical (unpaired) electrons. The predicted molar refractivity (Wildman–Crippen MR) is 100 cm³/mol. The van der Waals surface area contributed by atoms with Gasteiger partial charge in [-0.05, 0) is 30.9 Å². The number of carbonyl (C=O) groups is 3. The number of hydrogen-bond acceptors (Lipinski definition) is 4. The minimum absolute atomic E-state index is 0.324. The maximum absolute atomic E-state index is 12.8. The highest BCUT2D eigenvalue weighted by Crippen LogP contribution is 2.33. The molecule has 26 heavy (non-hydrogen) atoms. The van der Waals surface area contributed by atoms with Crippen molar-refractivity contribution < 1.29 is 14.4 Å². The van der Waals surface area contributed by atoms with Crippen LogP contribution in [-0.4, -0.2) is 35.8 Å².